The van der Waals surface area contributed by atoms with E-state index in [1.807, 2.05) is 0 Å². The van der Waals surface area contributed by atoms with E-state index in [4.69, 9.17) is 9.26 Å². The molecule has 5 heteroatoms. The normalized spacial score (nSPS) is 19.2. The molecule has 1 aromatic heterocycles. The van der Waals surface area contributed by atoms with Crippen molar-refractivity contribution in [3.8, 4) is 0 Å². The van der Waals surface area contributed by atoms with Crippen molar-refractivity contribution in [1.82, 2.24) is 10.1 Å². The maximum absolute atomic E-state index is 5.27. The van der Waals surface area contributed by atoms with Crippen molar-refractivity contribution in [1.29, 1.82) is 0 Å². The number of halogens is 1. The zero-order chi connectivity index (χ0) is 9.10. The average Bonchev–Trinajstić information content (AvgIpc) is 2.53. The fourth-order valence-electron chi connectivity index (χ4n) is 1.51. The van der Waals surface area contributed by atoms with Crippen LogP contribution in [0.2, 0.25) is 0 Å². The molecule has 0 atom stereocenters. The summed E-state index contributed by atoms with van der Waals surface area (Å²) in [5.41, 5.74) is 0. The van der Waals surface area contributed by atoms with Gasteiger partial charge >= 0.3 is 0 Å². The first kappa shape index (κ1) is 9.15. The zero-order valence-corrected chi connectivity index (χ0v) is 8.79. The van der Waals surface area contributed by atoms with Gasteiger partial charge in [-0.05, 0) is 39.8 Å². The maximum Gasteiger partial charge on any atom is 0.238 e. The summed E-state index contributed by atoms with van der Waals surface area (Å²) in [4.78, 5) is 4.10. The summed E-state index contributed by atoms with van der Waals surface area (Å²) in [5.74, 6) is 1.36. The average molecular weight is 247 g/mol. The van der Waals surface area contributed by atoms with Gasteiger partial charge in [-0.1, -0.05) is 0 Å². The van der Waals surface area contributed by atoms with E-state index in [9.17, 15) is 0 Å². The van der Waals surface area contributed by atoms with Crippen molar-refractivity contribution < 1.29 is 9.26 Å². The Bertz CT molecular complexity index is 271. The highest BCUT2D eigenvalue weighted by Crippen LogP contribution is 2.19. The highest BCUT2D eigenvalue weighted by molar-refractivity contribution is 9.10. The predicted octanol–water partition coefficient (Wildman–Crippen LogP) is 1.80. The highest BCUT2D eigenvalue weighted by atomic mass is 79.9. The highest BCUT2D eigenvalue weighted by Gasteiger charge is 2.17. The Morgan fingerprint density at radius 1 is 1.38 bits per heavy atom. The summed E-state index contributed by atoms with van der Waals surface area (Å²) < 4.78 is 10.8. The van der Waals surface area contributed by atoms with Crippen LogP contribution in [0.4, 0.5) is 0 Å². The molecule has 0 N–H and O–H groups in total. The van der Waals surface area contributed by atoms with Gasteiger partial charge in [-0.3, -0.25) is 0 Å². The van der Waals surface area contributed by atoms with Gasteiger partial charge in [0.05, 0.1) is 0 Å². The fraction of sp³-hybridized carbons (Fsp3) is 0.750. The Hall–Kier alpha value is -0.420. The van der Waals surface area contributed by atoms with Crippen LogP contribution in [0.25, 0.3) is 0 Å². The third-order valence-electron chi connectivity index (χ3n) is 2.25. The van der Waals surface area contributed by atoms with Crippen LogP contribution >= 0.6 is 15.9 Å². The molecule has 13 heavy (non-hydrogen) atoms. The quantitative estimate of drug-likeness (QED) is 0.799. The Kier molecular flexibility index (Phi) is 2.95. The molecule has 4 nitrogen and oxygen atoms in total. The van der Waals surface area contributed by atoms with Gasteiger partial charge in [0, 0.05) is 19.6 Å². The maximum atomic E-state index is 5.27. The fourth-order valence-corrected chi connectivity index (χ4v) is 1.78. The van der Waals surface area contributed by atoms with E-state index >= 15 is 0 Å². The van der Waals surface area contributed by atoms with Crippen molar-refractivity contribution in [2.24, 2.45) is 5.92 Å². The van der Waals surface area contributed by atoms with Crippen LogP contribution < -0.4 is 0 Å². The lowest BCUT2D eigenvalue weighted by molar-refractivity contribution is 0.0642. The van der Waals surface area contributed by atoms with Crippen LogP contribution in [0.3, 0.4) is 0 Å². The van der Waals surface area contributed by atoms with Crippen LogP contribution in [0.5, 0.6) is 0 Å². The van der Waals surface area contributed by atoms with Crippen molar-refractivity contribution in [3.05, 3.63) is 10.6 Å². The second-order valence-corrected chi connectivity index (χ2v) is 3.93. The molecule has 72 valence electrons. The summed E-state index contributed by atoms with van der Waals surface area (Å²) in [6.07, 6.45) is 3.07. The molecule has 0 amide bonds. The molecule has 0 aromatic carbocycles. The van der Waals surface area contributed by atoms with Gasteiger partial charge in [0.2, 0.25) is 10.6 Å². The third kappa shape index (κ3) is 2.51. The molecule has 2 rings (SSSR count). The van der Waals surface area contributed by atoms with Crippen molar-refractivity contribution in [2.45, 2.75) is 19.3 Å². The first-order valence-electron chi connectivity index (χ1n) is 4.40. The second kappa shape index (κ2) is 4.19. The Labute approximate surface area is 84.8 Å². The Balaban J connectivity index is 1.89. The van der Waals surface area contributed by atoms with E-state index in [1.54, 1.807) is 0 Å². The van der Waals surface area contributed by atoms with Gasteiger partial charge in [0.15, 0.2) is 0 Å². The molecule has 1 saturated heterocycles. The van der Waals surface area contributed by atoms with Crippen LogP contribution in [0.15, 0.2) is 9.26 Å². The lowest BCUT2D eigenvalue weighted by Crippen LogP contribution is -2.17. The smallest absolute Gasteiger partial charge is 0.238 e. The van der Waals surface area contributed by atoms with E-state index < -0.39 is 0 Å². The number of hydrogen-bond donors (Lipinski definition) is 0. The minimum absolute atomic E-state index is 0.537. The van der Waals surface area contributed by atoms with Gasteiger partial charge in [-0.15, -0.1) is 0 Å². The van der Waals surface area contributed by atoms with E-state index in [2.05, 4.69) is 26.1 Å². The van der Waals surface area contributed by atoms with Gasteiger partial charge < -0.3 is 9.26 Å². The molecule has 1 aliphatic rings. The summed E-state index contributed by atoms with van der Waals surface area (Å²) in [6, 6.07) is 0. The monoisotopic (exact) mass is 246 g/mol. The molecule has 0 radical (unpaired) electrons. The number of ether oxygens (including phenoxy) is 1. The molecule has 0 saturated carbocycles. The lowest BCUT2D eigenvalue weighted by Gasteiger charge is -2.19. The Morgan fingerprint density at radius 3 is 2.77 bits per heavy atom. The summed E-state index contributed by atoms with van der Waals surface area (Å²) in [5, 5.41) is 3.68. The summed E-state index contributed by atoms with van der Waals surface area (Å²) >= 11 is 3.16. The van der Waals surface area contributed by atoms with E-state index in [0.717, 1.165) is 38.4 Å². The van der Waals surface area contributed by atoms with E-state index in [0.29, 0.717) is 10.7 Å². The first-order valence-corrected chi connectivity index (χ1v) is 5.20. The first-order chi connectivity index (χ1) is 6.34. The van der Waals surface area contributed by atoms with Crippen molar-refractivity contribution in [3.63, 3.8) is 0 Å². The number of nitrogens with zero attached hydrogens (tertiary/aromatic N) is 2. The van der Waals surface area contributed by atoms with Gasteiger partial charge in [-0.25, -0.2) is 0 Å². The molecule has 0 unspecified atom stereocenters. The molecular weight excluding hydrogens is 236 g/mol. The van der Waals surface area contributed by atoms with Crippen molar-refractivity contribution in [2.75, 3.05) is 13.2 Å². The van der Waals surface area contributed by atoms with Crippen LogP contribution in [0.1, 0.15) is 18.7 Å². The SMILES string of the molecule is Brc1noc(CC2CCOCC2)n1. The molecule has 1 aliphatic heterocycles. The largest absolute Gasteiger partial charge is 0.381 e. The molecule has 1 aromatic rings. The minimum atomic E-state index is 0.537. The lowest BCUT2D eigenvalue weighted by atomic mass is 9.97. The molecule has 2 heterocycles. The Morgan fingerprint density at radius 2 is 2.15 bits per heavy atom. The minimum Gasteiger partial charge on any atom is -0.381 e. The van der Waals surface area contributed by atoms with Crippen molar-refractivity contribution >= 4 is 15.9 Å². The topological polar surface area (TPSA) is 48.2 Å². The van der Waals surface area contributed by atoms with Crippen LogP contribution in [0, 0.1) is 5.92 Å². The predicted molar refractivity (Wildman–Crippen MR) is 49.2 cm³/mol. The number of aromatic nitrogens is 2. The summed E-state index contributed by atoms with van der Waals surface area (Å²) in [7, 11) is 0. The van der Waals surface area contributed by atoms with Gasteiger partial charge in [0.1, 0.15) is 0 Å². The summed E-state index contributed by atoms with van der Waals surface area (Å²) in [6.45, 7) is 1.72. The number of hydrogen-bond acceptors (Lipinski definition) is 4. The molecular formula is C8H11BrN2O2. The zero-order valence-electron chi connectivity index (χ0n) is 7.20. The van der Waals surface area contributed by atoms with E-state index in [1.165, 1.54) is 0 Å². The molecule has 0 aliphatic carbocycles. The molecule has 0 bridgehead atoms. The third-order valence-corrected chi connectivity index (χ3v) is 2.57. The van der Waals surface area contributed by atoms with E-state index in [-0.39, 0.29) is 0 Å². The van der Waals surface area contributed by atoms with Crippen LogP contribution in [-0.2, 0) is 11.2 Å². The second-order valence-electron chi connectivity index (χ2n) is 3.22. The molecule has 0 spiro atoms. The number of rotatable bonds is 2. The van der Waals surface area contributed by atoms with Gasteiger partial charge in [-0.2, -0.15) is 4.98 Å². The van der Waals surface area contributed by atoms with Gasteiger partial charge in [0.25, 0.3) is 0 Å². The molecule has 1 fully saturated rings. The standard InChI is InChI=1S/C8H11BrN2O2/c9-8-10-7(13-11-8)5-6-1-3-12-4-2-6/h6H,1-5H2. The van der Waals surface area contributed by atoms with Crippen LogP contribution in [-0.4, -0.2) is 23.4 Å².